The molecule has 0 aliphatic carbocycles. The molecule has 0 bridgehead atoms. The number of esters is 2. The molecule has 0 aromatic heterocycles. The number of rotatable bonds is 0. The van der Waals surface area contributed by atoms with Gasteiger partial charge < -0.3 is 9.47 Å². The van der Waals surface area contributed by atoms with E-state index in [-0.39, 0.29) is 0 Å². The summed E-state index contributed by atoms with van der Waals surface area (Å²) >= 11 is 0. The van der Waals surface area contributed by atoms with Gasteiger partial charge in [0.05, 0.1) is 13.2 Å². The van der Waals surface area contributed by atoms with Crippen molar-refractivity contribution >= 4 is 11.9 Å². The molecule has 1 aliphatic heterocycles. The summed E-state index contributed by atoms with van der Waals surface area (Å²) in [4.78, 5) is 22.0. The lowest BCUT2D eigenvalue weighted by Crippen LogP contribution is -2.05. The largest absolute Gasteiger partial charge is 0.463 e. The molecule has 0 radical (unpaired) electrons. The Bertz CT molecular complexity index is 221. The van der Waals surface area contributed by atoms with E-state index in [9.17, 15) is 9.59 Å². The van der Waals surface area contributed by atoms with Gasteiger partial charge in [-0.2, -0.15) is 0 Å². The SMILES string of the molecule is O=C1/C=C\C(=O)OCCCCCCCO1. The molecular formula is C11H16O4. The zero-order chi connectivity index (χ0) is 10.9. The third-order valence-corrected chi connectivity index (χ3v) is 2.13. The van der Waals surface area contributed by atoms with Crippen molar-refractivity contribution in [2.75, 3.05) is 13.2 Å². The van der Waals surface area contributed by atoms with Gasteiger partial charge in [0.25, 0.3) is 0 Å². The molecule has 4 nitrogen and oxygen atoms in total. The highest BCUT2D eigenvalue weighted by Gasteiger charge is 2.02. The summed E-state index contributed by atoms with van der Waals surface area (Å²) < 4.78 is 9.74. The Morgan fingerprint density at radius 2 is 1.13 bits per heavy atom. The molecule has 0 N–H and O–H groups in total. The molecule has 1 rings (SSSR count). The van der Waals surface area contributed by atoms with Crippen LogP contribution in [0.2, 0.25) is 0 Å². The van der Waals surface area contributed by atoms with Crippen molar-refractivity contribution in [3.63, 3.8) is 0 Å². The smallest absolute Gasteiger partial charge is 0.331 e. The molecule has 1 heterocycles. The molecule has 4 heteroatoms. The Kier molecular flexibility index (Phi) is 5.51. The molecule has 0 spiro atoms. The number of hydrogen-bond acceptors (Lipinski definition) is 4. The zero-order valence-corrected chi connectivity index (χ0v) is 8.74. The molecule has 0 saturated heterocycles. The molecule has 0 unspecified atom stereocenters. The fraction of sp³-hybridized carbons (Fsp3) is 0.636. The minimum atomic E-state index is -0.480. The number of carbonyl (C=O) groups is 2. The summed E-state index contributed by atoms with van der Waals surface area (Å²) in [6, 6.07) is 0. The second-order valence-electron chi connectivity index (χ2n) is 3.44. The Labute approximate surface area is 89.2 Å². The maximum absolute atomic E-state index is 11.0. The monoisotopic (exact) mass is 212 g/mol. The molecular weight excluding hydrogens is 196 g/mol. The molecule has 0 aromatic carbocycles. The van der Waals surface area contributed by atoms with Gasteiger partial charge >= 0.3 is 11.9 Å². The predicted octanol–water partition coefficient (Wildman–Crippen LogP) is 1.59. The first kappa shape index (κ1) is 11.8. The molecule has 0 saturated carbocycles. The van der Waals surface area contributed by atoms with Crippen LogP contribution in [0.3, 0.4) is 0 Å². The summed E-state index contributed by atoms with van der Waals surface area (Å²) in [6.07, 6.45) is 7.17. The second kappa shape index (κ2) is 7.04. The highest BCUT2D eigenvalue weighted by molar-refractivity contribution is 5.91. The first-order valence-corrected chi connectivity index (χ1v) is 5.30. The average Bonchev–Trinajstić information content (AvgIpc) is 2.24. The minimum absolute atomic E-state index is 0.429. The van der Waals surface area contributed by atoms with Gasteiger partial charge in [0, 0.05) is 12.2 Å². The van der Waals surface area contributed by atoms with E-state index in [0.717, 1.165) is 44.3 Å². The van der Waals surface area contributed by atoms with Gasteiger partial charge in [-0.15, -0.1) is 0 Å². The maximum Gasteiger partial charge on any atom is 0.331 e. The minimum Gasteiger partial charge on any atom is -0.463 e. The molecule has 0 atom stereocenters. The van der Waals surface area contributed by atoms with Crippen molar-refractivity contribution in [3.05, 3.63) is 12.2 Å². The van der Waals surface area contributed by atoms with Crippen LogP contribution in [-0.4, -0.2) is 25.2 Å². The van der Waals surface area contributed by atoms with E-state index in [4.69, 9.17) is 9.47 Å². The normalized spacial score (nSPS) is 22.7. The van der Waals surface area contributed by atoms with Crippen molar-refractivity contribution in [2.45, 2.75) is 32.1 Å². The van der Waals surface area contributed by atoms with Gasteiger partial charge in [-0.1, -0.05) is 19.3 Å². The van der Waals surface area contributed by atoms with Crippen molar-refractivity contribution in [1.29, 1.82) is 0 Å². The van der Waals surface area contributed by atoms with Crippen LogP contribution in [0.5, 0.6) is 0 Å². The Morgan fingerprint density at radius 3 is 1.60 bits per heavy atom. The van der Waals surface area contributed by atoms with Crippen LogP contribution >= 0.6 is 0 Å². The van der Waals surface area contributed by atoms with Crippen LogP contribution in [0, 0.1) is 0 Å². The summed E-state index contributed by atoms with van der Waals surface area (Å²) in [5.74, 6) is -0.961. The Balaban J connectivity index is 2.39. The van der Waals surface area contributed by atoms with Crippen LogP contribution in [0.25, 0.3) is 0 Å². The molecule has 0 amide bonds. The highest BCUT2D eigenvalue weighted by Crippen LogP contribution is 2.04. The Hall–Kier alpha value is -1.32. The summed E-state index contributed by atoms with van der Waals surface area (Å²) in [5.41, 5.74) is 0. The Morgan fingerprint density at radius 1 is 0.733 bits per heavy atom. The molecule has 1 aliphatic rings. The summed E-state index contributed by atoms with van der Waals surface area (Å²) in [5, 5.41) is 0. The van der Waals surface area contributed by atoms with Gasteiger partial charge in [-0.25, -0.2) is 9.59 Å². The first-order valence-electron chi connectivity index (χ1n) is 5.30. The topological polar surface area (TPSA) is 52.6 Å². The fourth-order valence-electron chi connectivity index (χ4n) is 1.31. The highest BCUT2D eigenvalue weighted by atomic mass is 16.5. The van der Waals surface area contributed by atoms with E-state index in [1.807, 2.05) is 0 Å². The van der Waals surface area contributed by atoms with Crippen LogP contribution in [0.1, 0.15) is 32.1 Å². The number of cyclic esters (lactones) is 2. The van der Waals surface area contributed by atoms with Crippen molar-refractivity contribution in [1.82, 2.24) is 0 Å². The fourth-order valence-corrected chi connectivity index (χ4v) is 1.31. The van der Waals surface area contributed by atoms with Crippen LogP contribution in [-0.2, 0) is 19.1 Å². The number of ether oxygens (including phenoxy) is 2. The summed E-state index contributed by atoms with van der Waals surface area (Å²) in [7, 11) is 0. The molecule has 84 valence electrons. The van der Waals surface area contributed by atoms with E-state index in [2.05, 4.69) is 0 Å². The lowest BCUT2D eigenvalue weighted by molar-refractivity contribution is -0.140. The lowest BCUT2D eigenvalue weighted by atomic mass is 10.1. The van der Waals surface area contributed by atoms with E-state index >= 15 is 0 Å². The van der Waals surface area contributed by atoms with Gasteiger partial charge in [-0.3, -0.25) is 0 Å². The third-order valence-electron chi connectivity index (χ3n) is 2.13. The molecule has 0 aromatic rings. The van der Waals surface area contributed by atoms with Crippen molar-refractivity contribution in [2.24, 2.45) is 0 Å². The molecule has 0 fully saturated rings. The van der Waals surface area contributed by atoms with E-state index in [0.29, 0.717) is 13.2 Å². The third kappa shape index (κ3) is 5.88. The van der Waals surface area contributed by atoms with Crippen LogP contribution < -0.4 is 0 Å². The van der Waals surface area contributed by atoms with Gasteiger partial charge in [0.1, 0.15) is 0 Å². The molecule has 15 heavy (non-hydrogen) atoms. The van der Waals surface area contributed by atoms with Gasteiger partial charge in [0.15, 0.2) is 0 Å². The van der Waals surface area contributed by atoms with Crippen molar-refractivity contribution < 1.29 is 19.1 Å². The lowest BCUT2D eigenvalue weighted by Gasteiger charge is -2.01. The first-order chi connectivity index (χ1) is 7.29. The zero-order valence-electron chi connectivity index (χ0n) is 8.74. The van der Waals surface area contributed by atoms with E-state index < -0.39 is 11.9 Å². The van der Waals surface area contributed by atoms with Crippen LogP contribution in [0.15, 0.2) is 12.2 Å². The van der Waals surface area contributed by atoms with Gasteiger partial charge in [0.2, 0.25) is 0 Å². The number of hydrogen-bond donors (Lipinski definition) is 0. The van der Waals surface area contributed by atoms with E-state index in [1.165, 1.54) is 0 Å². The van der Waals surface area contributed by atoms with Crippen LogP contribution in [0.4, 0.5) is 0 Å². The van der Waals surface area contributed by atoms with E-state index in [1.54, 1.807) is 0 Å². The van der Waals surface area contributed by atoms with Gasteiger partial charge in [-0.05, 0) is 12.8 Å². The quantitative estimate of drug-likeness (QED) is 0.572. The number of carbonyl (C=O) groups excluding carboxylic acids is 2. The predicted molar refractivity (Wildman–Crippen MR) is 54.1 cm³/mol. The standard InChI is InChI=1S/C11H16O4/c12-10-6-7-11(13)15-9-5-3-1-2-4-8-14-10/h6-7H,1-5,8-9H2/b7-6-. The van der Waals surface area contributed by atoms with Crippen molar-refractivity contribution in [3.8, 4) is 0 Å². The summed E-state index contributed by atoms with van der Waals surface area (Å²) in [6.45, 7) is 0.858. The maximum atomic E-state index is 11.0. The second-order valence-corrected chi connectivity index (χ2v) is 3.44. The average molecular weight is 212 g/mol.